The molecule has 0 rings (SSSR count). The number of aliphatic carboxylic acids is 1. The number of hydrogen-bond acceptors (Lipinski definition) is 4. The summed E-state index contributed by atoms with van der Waals surface area (Å²) in [7, 11) is 0. The zero-order valence-electron chi connectivity index (χ0n) is 10.9. The first-order valence-electron chi connectivity index (χ1n) is 5.41. The summed E-state index contributed by atoms with van der Waals surface area (Å²) >= 11 is 0. The lowest BCUT2D eigenvalue weighted by atomic mass is 10.2. The fraction of sp³-hybridized carbons (Fsp3) is 0.214. The minimum absolute atomic E-state index is 0.0341. The third-order valence-electron chi connectivity index (χ3n) is 1.86. The van der Waals surface area contributed by atoms with Crippen LogP contribution in [0, 0.1) is 22.7 Å². The van der Waals surface area contributed by atoms with E-state index in [2.05, 4.69) is 25.1 Å². The molecule has 0 heterocycles. The van der Waals surface area contributed by atoms with Crippen molar-refractivity contribution in [2.45, 2.75) is 13.3 Å². The van der Waals surface area contributed by atoms with Gasteiger partial charge in [-0.1, -0.05) is 26.2 Å². The quantitative estimate of drug-likeness (QED) is 0.330. The molecule has 0 aliphatic heterocycles. The highest BCUT2D eigenvalue weighted by atomic mass is 16.4. The van der Waals surface area contributed by atoms with Gasteiger partial charge in [0.1, 0.15) is 12.1 Å². The van der Waals surface area contributed by atoms with E-state index in [9.17, 15) is 4.79 Å². The number of carbonyl (C=O) groups is 1. The van der Waals surface area contributed by atoms with Crippen LogP contribution in [0.15, 0.2) is 48.7 Å². The Morgan fingerprint density at radius 3 is 2.11 bits per heavy atom. The normalized spacial score (nSPS) is 7.53. The summed E-state index contributed by atoms with van der Waals surface area (Å²) in [5.41, 5.74) is 0.742. The molecule has 5 heteroatoms. The van der Waals surface area contributed by atoms with Crippen molar-refractivity contribution >= 4 is 5.97 Å². The first-order valence-corrected chi connectivity index (χ1v) is 5.41. The predicted molar refractivity (Wildman–Crippen MR) is 73.7 cm³/mol. The zero-order chi connectivity index (χ0) is 15.3. The minimum Gasteiger partial charge on any atom is -0.478 e. The van der Waals surface area contributed by atoms with Crippen molar-refractivity contribution in [2.24, 2.45) is 0 Å². The van der Waals surface area contributed by atoms with Gasteiger partial charge >= 0.3 is 5.97 Å². The number of carboxylic acid groups (broad SMARTS) is 1. The number of hydrogen-bond donors (Lipinski definition) is 2. The van der Waals surface area contributed by atoms with Crippen LogP contribution in [0.4, 0.5) is 0 Å². The molecule has 0 spiro atoms. The molecule has 0 unspecified atom stereocenters. The molecule has 0 aliphatic carbocycles. The van der Waals surface area contributed by atoms with Crippen molar-refractivity contribution in [1.82, 2.24) is 5.32 Å². The predicted octanol–water partition coefficient (Wildman–Crippen LogP) is 2.29. The van der Waals surface area contributed by atoms with Gasteiger partial charge < -0.3 is 10.4 Å². The minimum atomic E-state index is -0.900. The number of nitrogens with zero attached hydrogens (tertiary/aromatic N) is 2. The molecule has 0 atom stereocenters. The maximum Gasteiger partial charge on any atom is 0.330 e. The summed E-state index contributed by atoms with van der Waals surface area (Å²) in [6, 6.07) is 3.52. The molecule has 0 amide bonds. The van der Waals surface area contributed by atoms with Crippen LogP contribution >= 0.6 is 0 Å². The standard InChI is InChI=1S/C9H9N3.C5H8O2/c1-3-5-12-9(4-2)8(6-10)7-11;1-3-4(2)5(6)7/h3-4,12H,1-2,5H2;2-3H2,1H3,(H,6,7). The molecular weight excluding hydrogens is 242 g/mol. The van der Waals surface area contributed by atoms with Crippen LogP contribution in [0.5, 0.6) is 0 Å². The van der Waals surface area contributed by atoms with Gasteiger partial charge in [0.25, 0.3) is 0 Å². The Bertz CT molecular complexity index is 446. The van der Waals surface area contributed by atoms with Crippen LogP contribution in [0.25, 0.3) is 0 Å². The number of allylic oxidation sites excluding steroid dienone is 2. The van der Waals surface area contributed by atoms with E-state index in [1.165, 1.54) is 6.08 Å². The van der Waals surface area contributed by atoms with E-state index in [0.29, 0.717) is 18.7 Å². The van der Waals surface area contributed by atoms with Gasteiger partial charge in [0.2, 0.25) is 0 Å². The molecule has 0 radical (unpaired) electrons. The van der Waals surface area contributed by atoms with Crippen molar-refractivity contribution in [3.05, 3.63) is 48.7 Å². The highest BCUT2D eigenvalue weighted by Gasteiger charge is 1.99. The summed E-state index contributed by atoms with van der Waals surface area (Å²) in [6.45, 7) is 12.5. The average molecular weight is 259 g/mol. The van der Waals surface area contributed by atoms with Gasteiger partial charge in [-0.15, -0.1) is 6.58 Å². The Kier molecular flexibility index (Phi) is 11.4. The molecule has 2 N–H and O–H groups in total. The summed E-state index contributed by atoms with van der Waals surface area (Å²) in [5.74, 6) is -0.900. The van der Waals surface area contributed by atoms with E-state index in [1.54, 1.807) is 25.1 Å². The second-order valence-electron chi connectivity index (χ2n) is 3.15. The average Bonchev–Trinajstić information content (AvgIpc) is 2.43. The fourth-order valence-corrected chi connectivity index (χ4v) is 0.741. The number of nitriles is 2. The Hall–Kier alpha value is -2.79. The summed E-state index contributed by atoms with van der Waals surface area (Å²) in [5, 5.41) is 27.9. The molecule has 0 aromatic carbocycles. The smallest absolute Gasteiger partial charge is 0.330 e. The van der Waals surface area contributed by atoms with E-state index in [4.69, 9.17) is 15.6 Å². The van der Waals surface area contributed by atoms with E-state index in [1.807, 2.05) is 0 Å². The van der Waals surface area contributed by atoms with Crippen LogP contribution in [0.3, 0.4) is 0 Å². The van der Waals surface area contributed by atoms with E-state index in [0.717, 1.165) is 0 Å². The molecule has 5 nitrogen and oxygen atoms in total. The Balaban J connectivity index is 0. The fourth-order valence-electron chi connectivity index (χ4n) is 0.741. The third kappa shape index (κ3) is 8.96. The van der Waals surface area contributed by atoms with Crippen LogP contribution in [0.1, 0.15) is 13.3 Å². The largest absolute Gasteiger partial charge is 0.478 e. The lowest BCUT2D eigenvalue weighted by Gasteiger charge is -2.01. The van der Waals surface area contributed by atoms with E-state index in [-0.39, 0.29) is 11.1 Å². The molecule has 0 bridgehead atoms. The van der Waals surface area contributed by atoms with Gasteiger partial charge in [0.15, 0.2) is 5.57 Å². The second kappa shape index (κ2) is 11.7. The molecule has 0 fully saturated rings. The van der Waals surface area contributed by atoms with E-state index >= 15 is 0 Å². The van der Waals surface area contributed by atoms with Crippen LogP contribution in [0.2, 0.25) is 0 Å². The second-order valence-corrected chi connectivity index (χ2v) is 3.15. The third-order valence-corrected chi connectivity index (χ3v) is 1.86. The number of nitrogens with one attached hydrogen (secondary N) is 1. The monoisotopic (exact) mass is 259 g/mol. The first-order chi connectivity index (χ1) is 8.98. The van der Waals surface area contributed by atoms with Crippen molar-refractivity contribution in [3.8, 4) is 12.1 Å². The summed E-state index contributed by atoms with van der Waals surface area (Å²) in [4.78, 5) is 9.83. The Morgan fingerprint density at radius 2 is 1.89 bits per heavy atom. The van der Waals surface area contributed by atoms with Crippen LogP contribution in [-0.2, 0) is 4.79 Å². The van der Waals surface area contributed by atoms with Gasteiger partial charge in [-0.05, 0) is 12.5 Å². The highest BCUT2D eigenvalue weighted by Crippen LogP contribution is 1.99. The number of carboxylic acids is 1. The molecule has 100 valence electrons. The highest BCUT2D eigenvalue weighted by molar-refractivity contribution is 5.85. The topological polar surface area (TPSA) is 96.9 Å². The molecular formula is C14H17N3O2. The number of rotatable bonds is 6. The van der Waals surface area contributed by atoms with Gasteiger partial charge in [-0.2, -0.15) is 10.5 Å². The van der Waals surface area contributed by atoms with Crippen molar-refractivity contribution < 1.29 is 9.90 Å². The lowest BCUT2D eigenvalue weighted by Crippen LogP contribution is -2.12. The SMILES string of the molecule is C=C(CC)C(=O)O.C=CCNC(C=C)=C(C#N)C#N. The molecule has 0 saturated carbocycles. The first kappa shape index (κ1) is 18.6. The van der Waals surface area contributed by atoms with Crippen molar-refractivity contribution in [3.63, 3.8) is 0 Å². The maximum atomic E-state index is 9.83. The van der Waals surface area contributed by atoms with E-state index < -0.39 is 5.97 Å². The van der Waals surface area contributed by atoms with Crippen LogP contribution in [-0.4, -0.2) is 17.6 Å². The molecule has 0 saturated heterocycles. The van der Waals surface area contributed by atoms with Crippen molar-refractivity contribution in [1.29, 1.82) is 10.5 Å². The summed E-state index contributed by atoms with van der Waals surface area (Å²) < 4.78 is 0. The molecule has 0 aromatic rings. The van der Waals surface area contributed by atoms with Crippen molar-refractivity contribution in [2.75, 3.05) is 6.54 Å². The Labute approximate surface area is 113 Å². The van der Waals surface area contributed by atoms with Gasteiger partial charge in [-0.25, -0.2) is 4.79 Å². The molecule has 19 heavy (non-hydrogen) atoms. The summed E-state index contributed by atoms with van der Waals surface area (Å²) in [6.07, 6.45) is 3.59. The Morgan fingerprint density at radius 1 is 1.37 bits per heavy atom. The van der Waals surface area contributed by atoms with Gasteiger partial charge in [-0.3, -0.25) is 0 Å². The molecule has 0 aromatic heterocycles. The van der Waals surface area contributed by atoms with Crippen LogP contribution < -0.4 is 5.32 Å². The zero-order valence-corrected chi connectivity index (χ0v) is 10.9. The maximum absolute atomic E-state index is 9.83. The molecule has 0 aliphatic rings. The lowest BCUT2D eigenvalue weighted by molar-refractivity contribution is -0.132. The van der Waals surface area contributed by atoms with Gasteiger partial charge in [0.05, 0.1) is 5.70 Å². The van der Waals surface area contributed by atoms with Gasteiger partial charge in [0, 0.05) is 12.1 Å².